The molecule has 1 aromatic heterocycles. The molecule has 26 heavy (non-hydrogen) atoms. The van der Waals surface area contributed by atoms with Gasteiger partial charge in [-0.3, -0.25) is 0 Å². The number of benzene rings is 2. The second kappa shape index (κ2) is 8.85. The minimum atomic E-state index is 0.558. The van der Waals surface area contributed by atoms with Crippen LogP contribution in [0.15, 0.2) is 66.9 Å². The highest BCUT2D eigenvalue weighted by molar-refractivity contribution is 5.56. The van der Waals surface area contributed by atoms with E-state index >= 15 is 0 Å². The molecule has 5 heteroatoms. The largest absolute Gasteiger partial charge is 0.489 e. The van der Waals surface area contributed by atoms with Gasteiger partial charge in [0.05, 0.1) is 0 Å². The fourth-order valence-electron chi connectivity index (χ4n) is 2.64. The van der Waals surface area contributed by atoms with Crippen LogP contribution < -0.4 is 15.0 Å². The van der Waals surface area contributed by atoms with Crippen molar-refractivity contribution in [2.24, 2.45) is 0 Å². The molecule has 3 aromatic rings. The molecule has 0 saturated heterocycles. The van der Waals surface area contributed by atoms with E-state index in [1.165, 1.54) is 0 Å². The Labute approximate surface area is 154 Å². The van der Waals surface area contributed by atoms with Gasteiger partial charge in [0.15, 0.2) is 0 Å². The zero-order valence-corrected chi connectivity index (χ0v) is 15.2. The average molecular weight is 348 g/mol. The third-order valence-electron chi connectivity index (χ3n) is 4.09. The molecule has 0 aliphatic rings. The van der Waals surface area contributed by atoms with Crippen molar-refractivity contribution < 1.29 is 4.74 Å². The predicted octanol–water partition coefficient (Wildman–Crippen LogP) is 4.65. The number of hydrogen-bond acceptors (Lipinski definition) is 5. The molecule has 134 valence electrons. The predicted molar refractivity (Wildman–Crippen MR) is 106 cm³/mol. The molecule has 2 aromatic carbocycles. The Morgan fingerprint density at radius 1 is 0.923 bits per heavy atom. The first-order chi connectivity index (χ1) is 12.8. The monoisotopic (exact) mass is 348 g/mol. The first-order valence-corrected chi connectivity index (χ1v) is 8.90. The van der Waals surface area contributed by atoms with Crippen molar-refractivity contribution >= 4 is 17.5 Å². The van der Waals surface area contributed by atoms with E-state index in [2.05, 4.69) is 46.2 Å². The van der Waals surface area contributed by atoms with Gasteiger partial charge in [-0.05, 0) is 49.7 Å². The molecule has 0 saturated carbocycles. The summed E-state index contributed by atoms with van der Waals surface area (Å²) in [6.45, 7) is 6.63. The van der Waals surface area contributed by atoms with Crippen molar-refractivity contribution in [2.45, 2.75) is 20.5 Å². The summed E-state index contributed by atoms with van der Waals surface area (Å²) >= 11 is 0. The molecule has 0 bridgehead atoms. The molecule has 0 atom stereocenters. The van der Waals surface area contributed by atoms with Crippen molar-refractivity contribution in [3.8, 4) is 5.75 Å². The Morgan fingerprint density at radius 2 is 1.65 bits per heavy atom. The molecule has 0 amide bonds. The van der Waals surface area contributed by atoms with Gasteiger partial charge in [-0.1, -0.05) is 30.3 Å². The van der Waals surface area contributed by atoms with Crippen LogP contribution in [-0.4, -0.2) is 23.1 Å². The van der Waals surface area contributed by atoms with Gasteiger partial charge in [-0.15, -0.1) is 0 Å². The maximum absolute atomic E-state index is 5.81. The highest BCUT2D eigenvalue weighted by Crippen LogP contribution is 2.20. The minimum Gasteiger partial charge on any atom is -0.489 e. The summed E-state index contributed by atoms with van der Waals surface area (Å²) < 4.78 is 5.81. The molecule has 0 fully saturated rings. The van der Waals surface area contributed by atoms with E-state index in [-0.39, 0.29) is 0 Å². The van der Waals surface area contributed by atoms with Crippen LogP contribution in [0.4, 0.5) is 17.5 Å². The van der Waals surface area contributed by atoms with Gasteiger partial charge in [-0.2, -0.15) is 4.98 Å². The van der Waals surface area contributed by atoms with E-state index in [0.717, 1.165) is 35.9 Å². The van der Waals surface area contributed by atoms with E-state index < -0.39 is 0 Å². The second-order valence-electron chi connectivity index (χ2n) is 5.83. The summed E-state index contributed by atoms with van der Waals surface area (Å²) in [7, 11) is 0. The molecule has 3 rings (SSSR count). The zero-order valence-electron chi connectivity index (χ0n) is 15.2. The Morgan fingerprint density at radius 3 is 2.35 bits per heavy atom. The van der Waals surface area contributed by atoms with Crippen molar-refractivity contribution in [1.82, 2.24) is 9.97 Å². The van der Waals surface area contributed by atoms with Crippen molar-refractivity contribution in [1.29, 1.82) is 0 Å². The van der Waals surface area contributed by atoms with Crippen LogP contribution in [0.2, 0.25) is 0 Å². The molecule has 1 heterocycles. The molecule has 0 aliphatic heterocycles. The smallest absolute Gasteiger partial charge is 0.229 e. The van der Waals surface area contributed by atoms with Gasteiger partial charge < -0.3 is 15.0 Å². The lowest BCUT2D eigenvalue weighted by molar-refractivity contribution is 0.306. The lowest BCUT2D eigenvalue weighted by atomic mass is 10.2. The maximum atomic E-state index is 5.81. The van der Waals surface area contributed by atoms with Gasteiger partial charge in [0, 0.05) is 25.0 Å². The van der Waals surface area contributed by atoms with Crippen molar-refractivity contribution in [3.63, 3.8) is 0 Å². The Balaban J connectivity index is 1.61. The van der Waals surface area contributed by atoms with Crippen LogP contribution in [0.1, 0.15) is 19.4 Å². The maximum Gasteiger partial charge on any atom is 0.229 e. The zero-order chi connectivity index (χ0) is 18.2. The highest BCUT2D eigenvalue weighted by atomic mass is 16.5. The first kappa shape index (κ1) is 17.7. The normalized spacial score (nSPS) is 10.4. The molecule has 0 aliphatic carbocycles. The lowest BCUT2D eigenvalue weighted by Gasteiger charge is -2.19. The summed E-state index contributed by atoms with van der Waals surface area (Å²) in [5.74, 6) is 2.35. The molecule has 0 radical (unpaired) electrons. The molecule has 0 unspecified atom stereocenters. The molecule has 0 spiro atoms. The number of aromatic nitrogens is 2. The third-order valence-corrected chi connectivity index (χ3v) is 4.09. The summed E-state index contributed by atoms with van der Waals surface area (Å²) in [5, 5.41) is 3.24. The number of nitrogens with zero attached hydrogens (tertiary/aromatic N) is 3. The van der Waals surface area contributed by atoms with E-state index in [1.807, 2.05) is 48.5 Å². The van der Waals surface area contributed by atoms with Crippen LogP contribution in [0.5, 0.6) is 5.75 Å². The average Bonchev–Trinajstić information content (AvgIpc) is 2.70. The number of ether oxygens (including phenoxy) is 1. The molecule has 5 nitrogen and oxygen atoms in total. The van der Waals surface area contributed by atoms with Crippen LogP contribution >= 0.6 is 0 Å². The summed E-state index contributed by atoms with van der Waals surface area (Å²) in [5.41, 5.74) is 2.07. The van der Waals surface area contributed by atoms with Gasteiger partial charge in [0.25, 0.3) is 0 Å². The van der Waals surface area contributed by atoms with Gasteiger partial charge >= 0.3 is 0 Å². The fourth-order valence-corrected chi connectivity index (χ4v) is 2.64. The van der Waals surface area contributed by atoms with Crippen LogP contribution in [0.25, 0.3) is 0 Å². The number of nitrogens with one attached hydrogen (secondary N) is 1. The van der Waals surface area contributed by atoms with E-state index in [4.69, 9.17) is 4.74 Å². The summed E-state index contributed by atoms with van der Waals surface area (Å²) in [6, 6.07) is 19.9. The van der Waals surface area contributed by atoms with Gasteiger partial charge in [0.2, 0.25) is 5.95 Å². The van der Waals surface area contributed by atoms with E-state index in [1.54, 1.807) is 6.20 Å². The number of anilines is 3. The van der Waals surface area contributed by atoms with Crippen LogP contribution in [-0.2, 0) is 6.61 Å². The number of rotatable bonds is 8. The topological polar surface area (TPSA) is 50.3 Å². The molecular weight excluding hydrogens is 324 g/mol. The lowest BCUT2D eigenvalue weighted by Crippen LogP contribution is -2.23. The number of hydrogen-bond donors (Lipinski definition) is 1. The van der Waals surface area contributed by atoms with Gasteiger partial charge in [0.1, 0.15) is 18.2 Å². The molecule has 1 N–H and O–H groups in total. The molecular formula is C21H24N4O. The summed E-state index contributed by atoms with van der Waals surface area (Å²) in [4.78, 5) is 11.1. The van der Waals surface area contributed by atoms with E-state index in [9.17, 15) is 0 Å². The third kappa shape index (κ3) is 4.72. The van der Waals surface area contributed by atoms with E-state index in [0.29, 0.717) is 12.6 Å². The van der Waals surface area contributed by atoms with Gasteiger partial charge in [-0.25, -0.2) is 4.98 Å². The Hall–Kier alpha value is -3.08. The SMILES string of the molecule is CCN(CC)c1ccnc(Nc2ccc(OCc3ccccc3)cc2)n1. The Bertz CT molecular complexity index is 802. The minimum absolute atomic E-state index is 0.558. The van der Waals surface area contributed by atoms with Crippen molar-refractivity contribution in [3.05, 3.63) is 72.4 Å². The Kier molecular flexibility index (Phi) is 6.04. The van der Waals surface area contributed by atoms with Crippen molar-refractivity contribution in [2.75, 3.05) is 23.3 Å². The van der Waals surface area contributed by atoms with Crippen LogP contribution in [0, 0.1) is 0 Å². The van der Waals surface area contributed by atoms with Crippen LogP contribution in [0.3, 0.4) is 0 Å². The second-order valence-corrected chi connectivity index (χ2v) is 5.83. The summed E-state index contributed by atoms with van der Waals surface area (Å²) in [6.07, 6.45) is 1.78. The first-order valence-electron chi connectivity index (χ1n) is 8.90. The quantitative estimate of drug-likeness (QED) is 0.642. The fraction of sp³-hybridized carbons (Fsp3) is 0.238. The standard InChI is InChI=1S/C21H24N4O/c1-3-25(4-2)20-14-15-22-21(24-20)23-18-10-12-19(13-11-18)26-16-17-8-6-5-7-9-17/h5-15H,3-4,16H2,1-2H3,(H,22,23,24). The highest BCUT2D eigenvalue weighted by Gasteiger charge is 2.05.